The van der Waals surface area contributed by atoms with E-state index in [1.807, 2.05) is 24.3 Å². The third-order valence-electron chi connectivity index (χ3n) is 6.33. The van der Waals surface area contributed by atoms with Gasteiger partial charge in [0.25, 0.3) is 5.95 Å². The van der Waals surface area contributed by atoms with E-state index in [4.69, 9.17) is 4.74 Å². The average Bonchev–Trinajstić information content (AvgIpc) is 3.62. The van der Waals surface area contributed by atoms with Gasteiger partial charge in [-0.1, -0.05) is 35.4 Å². The number of aromatic nitrogens is 4. The summed E-state index contributed by atoms with van der Waals surface area (Å²) < 4.78 is 7.17. The lowest BCUT2D eigenvalue weighted by atomic mass is 9.92. The summed E-state index contributed by atoms with van der Waals surface area (Å²) in [6.07, 6.45) is 4.07. The predicted molar refractivity (Wildman–Crippen MR) is 124 cm³/mol. The van der Waals surface area contributed by atoms with Crippen LogP contribution in [0.5, 0.6) is 5.75 Å². The SMILES string of the molecule is COc1ccc(-n2nnnc2NC(=O)C2CC2)cc1CN[C@H]1CCCN[C@H]1c1ccccc1. The molecule has 3 aromatic rings. The summed E-state index contributed by atoms with van der Waals surface area (Å²) in [6, 6.07) is 16.9. The number of ether oxygens (including phenoxy) is 1. The van der Waals surface area contributed by atoms with Gasteiger partial charge in [0, 0.05) is 30.1 Å². The summed E-state index contributed by atoms with van der Waals surface area (Å²) in [5.41, 5.74) is 3.06. The number of nitrogens with one attached hydrogen (secondary N) is 3. The van der Waals surface area contributed by atoms with Gasteiger partial charge in [0.05, 0.1) is 12.8 Å². The van der Waals surface area contributed by atoms with Crippen molar-refractivity contribution in [3.05, 3.63) is 59.7 Å². The van der Waals surface area contributed by atoms with E-state index in [9.17, 15) is 4.79 Å². The van der Waals surface area contributed by atoms with Crippen LogP contribution in [0.3, 0.4) is 0 Å². The van der Waals surface area contributed by atoms with Gasteiger partial charge in [0.2, 0.25) is 5.91 Å². The van der Waals surface area contributed by atoms with E-state index in [1.165, 1.54) is 5.56 Å². The lowest BCUT2D eigenvalue weighted by Gasteiger charge is -2.34. The van der Waals surface area contributed by atoms with E-state index in [2.05, 4.69) is 55.7 Å². The quantitative estimate of drug-likeness (QED) is 0.487. The molecule has 2 aromatic carbocycles. The van der Waals surface area contributed by atoms with Gasteiger partial charge >= 0.3 is 0 Å². The molecule has 1 aliphatic heterocycles. The Morgan fingerprint density at radius 1 is 1.18 bits per heavy atom. The second kappa shape index (κ2) is 9.68. The number of carbonyl (C=O) groups is 1. The van der Waals surface area contributed by atoms with E-state index >= 15 is 0 Å². The molecule has 0 spiro atoms. The molecule has 1 saturated carbocycles. The Morgan fingerprint density at radius 3 is 2.82 bits per heavy atom. The lowest BCUT2D eigenvalue weighted by Crippen LogP contribution is -2.45. The molecule has 0 bridgehead atoms. The first-order chi connectivity index (χ1) is 16.2. The molecule has 33 heavy (non-hydrogen) atoms. The number of rotatable bonds is 8. The molecule has 9 nitrogen and oxygen atoms in total. The summed E-state index contributed by atoms with van der Waals surface area (Å²) in [5, 5.41) is 22.1. The number of piperidine rings is 1. The van der Waals surface area contributed by atoms with Crippen LogP contribution < -0.4 is 20.7 Å². The van der Waals surface area contributed by atoms with Gasteiger partial charge in [-0.15, -0.1) is 0 Å². The van der Waals surface area contributed by atoms with Crippen LogP contribution in [-0.4, -0.2) is 45.8 Å². The Balaban J connectivity index is 1.34. The predicted octanol–water partition coefficient (Wildman–Crippen LogP) is 2.60. The normalized spacial score (nSPS) is 20.4. The number of tetrazole rings is 1. The summed E-state index contributed by atoms with van der Waals surface area (Å²) in [4.78, 5) is 12.2. The van der Waals surface area contributed by atoms with Gasteiger partial charge in [-0.25, -0.2) is 0 Å². The number of hydrogen-bond acceptors (Lipinski definition) is 7. The zero-order chi connectivity index (χ0) is 22.6. The zero-order valence-electron chi connectivity index (χ0n) is 18.7. The number of hydrogen-bond donors (Lipinski definition) is 3. The maximum Gasteiger partial charge on any atom is 0.254 e. The molecule has 2 heterocycles. The highest BCUT2D eigenvalue weighted by Crippen LogP contribution is 2.30. The molecule has 1 aliphatic carbocycles. The second-order valence-corrected chi connectivity index (χ2v) is 8.65. The van der Waals surface area contributed by atoms with Gasteiger partial charge in [-0.3, -0.25) is 10.1 Å². The number of benzene rings is 2. The number of methoxy groups -OCH3 is 1. The van der Waals surface area contributed by atoms with E-state index in [-0.39, 0.29) is 17.9 Å². The molecular formula is C24H29N7O2. The standard InChI is InChI=1S/C24H29N7O2/c1-33-21-12-11-19(31-24(28-29-30-31)27-23(32)17-9-10-17)14-18(21)15-26-20-8-5-13-25-22(20)16-6-3-2-4-7-16/h2-4,6-7,11-12,14,17,20,22,25-26H,5,8-10,13,15H2,1H3,(H,27,28,30,32)/t20-,22-/m0/s1. The summed E-state index contributed by atoms with van der Waals surface area (Å²) in [5.74, 6) is 1.17. The first kappa shape index (κ1) is 21.5. The molecule has 0 unspecified atom stereocenters. The molecule has 0 radical (unpaired) electrons. The molecule has 1 aromatic heterocycles. The van der Waals surface area contributed by atoms with Gasteiger partial charge in [0.15, 0.2) is 0 Å². The van der Waals surface area contributed by atoms with E-state index < -0.39 is 0 Å². The van der Waals surface area contributed by atoms with Crippen LogP contribution in [0.4, 0.5) is 5.95 Å². The second-order valence-electron chi connectivity index (χ2n) is 8.65. The Bertz CT molecular complexity index is 1100. The molecule has 2 atom stereocenters. The van der Waals surface area contributed by atoms with Crippen LogP contribution in [0.15, 0.2) is 48.5 Å². The van der Waals surface area contributed by atoms with Crippen LogP contribution in [0.2, 0.25) is 0 Å². The molecule has 5 rings (SSSR count). The Hall–Kier alpha value is -3.30. The van der Waals surface area contributed by atoms with Crippen molar-refractivity contribution in [2.24, 2.45) is 5.92 Å². The van der Waals surface area contributed by atoms with Crippen molar-refractivity contribution in [3.63, 3.8) is 0 Å². The number of anilines is 1. The highest BCUT2D eigenvalue weighted by Gasteiger charge is 2.31. The van der Waals surface area contributed by atoms with Crippen LogP contribution in [0.1, 0.15) is 42.9 Å². The van der Waals surface area contributed by atoms with Crippen LogP contribution in [0.25, 0.3) is 5.69 Å². The minimum Gasteiger partial charge on any atom is -0.496 e. The van der Waals surface area contributed by atoms with Crippen molar-refractivity contribution in [1.29, 1.82) is 0 Å². The van der Waals surface area contributed by atoms with Crippen molar-refractivity contribution in [2.45, 2.75) is 44.3 Å². The number of nitrogens with zero attached hydrogens (tertiary/aromatic N) is 4. The fourth-order valence-electron chi connectivity index (χ4n) is 4.39. The first-order valence-electron chi connectivity index (χ1n) is 11.5. The Kier molecular flexibility index (Phi) is 6.32. The third kappa shape index (κ3) is 4.89. The number of carbonyl (C=O) groups excluding carboxylic acids is 1. The highest BCUT2D eigenvalue weighted by atomic mass is 16.5. The molecule has 3 N–H and O–H groups in total. The van der Waals surface area contributed by atoms with E-state index in [0.29, 0.717) is 18.5 Å². The summed E-state index contributed by atoms with van der Waals surface area (Å²) >= 11 is 0. The van der Waals surface area contributed by atoms with Crippen molar-refractivity contribution in [1.82, 2.24) is 30.8 Å². The molecular weight excluding hydrogens is 418 g/mol. The minimum atomic E-state index is -0.0294. The van der Waals surface area contributed by atoms with Crippen molar-refractivity contribution in [3.8, 4) is 11.4 Å². The highest BCUT2D eigenvalue weighted by molar-refractivity contribution is 5.92. The Labute approximate surface area is 192 Å². The topological polar surface area (TPSA) is 106 Å². The van der Waals surface area contributed by atoms with Gasteiger partial charge in [-0.2, -0.15) is 4.68 Å². The van der Waals surface area contributed by atoms with Crippen molar-refractivity contribution >= 4 is 11.9 Å². The largest absolute Gasteiger partial charge is 0.496 e. The molecule has 2 fully saturated rings. The molecule has 9 heteroatoms. The molecule has 1 saturated heterocycles. The summed E-state index contributed by atoms with van der Waals surface area (Å²) in [6.45, 7) is 1.66. The first-order valence-corrected chi connectivity index (χ1v) is 11.5. The van der Waals surface area contributed by atoms with Crippen molar-refractivity contribution < 1.29 is 9.53 Å². The van der Waals surface area contributed by atoms with Crippen molar-refractivity contribution in [2.75, 3.05) is 19.0 Å². The Morgan fingerprint density at radius 2 is 2.03 bits per heavy atom. The summed E-state index contributed by atoms with van der Waals surface area (Å²) in [7, 11) is 1.67. The number of amides is 1. The lowest BCUT2D eigenvalue weighted by molar-refractivity contribution is -0.117. The zero-order valence-corrected chi connectivity index (χ0v) is 18.7. The average molecular weight is 448 g/mol. The van der Waals surface area contributed by atoms with Gasteiger partial charge in [0.1, 0.15) is 5.75 Å². The fraction of sp³-hybridized carbons (Fsp3) is 0.417. The third-order valence-corrected chi connectivity index (χ3v) is 6.33. The van der Waals surface area contributed by atoms with E-state index in [0.717, 1.165) is 49.2 Å². The van der Waals surface area contributed by atoms with Crippen LogP contribution >= 0.6 is 0 Å². The fourth-order valence-corrected chi connectivity index (χ4v) is 4.39. The minimum absolute atomic E-state index is 0.0294. The smallest absolute Gasteiger partial charge is 0.254 e. The van der Waals surface area contributed by atoms with Gasteiger partial charge in [-0.05, 0) is 66.4 Å². The van der Waals surface area contributed by atoms with E-state index in [1.54, 1.807) is 11.8 Å². The van der Waals surface area contributed by atoms with Gasteiger partial charge < -0.3 is 15.4 Å². The maximum absolute atomic E-state index is 12.2. The molecule has 1 amide bonds. The van der Waals surface area contributed by atoms with Crippen LogP contribution in [-0.2, 0) is 11.3 Å². The monoisotopic (exact) mass is 447 g/mol. The van der Waals surface area contributed by atoms with Crippen LogP contribution in [0, 0.1) is 5.92 Å². The molecule has 2 aliphatic rings. The maximum atomic E-state index is 12.2. The molecule has 172 valence electrons.